The summed E-state index contributed by atoms with van der Waals surface area (Å²) in [6.45, 7) is 2.17. The molecule has 20 heavy (non-hydrogen) atoms. The van der Waals surface area contributed by atoms with Gasteiger partial charge in [-0.1, -0.05) is 18.2 Å². The van der Waals surface area contributed by atoms with E-state index in [1.165, 1.54) is 0 Å². The molecular weight excluding hydrogens is 274 g/mol. The zero-order valence-electron chi connectivity index (χ0n) is 11.2. The fourth-order valence-corrected chi connectivity index (χ4v) is 2.35. The van der Waals surface area contributed by atoms with Crippen LogP contribution < -0.4 is 10.1 Å². The minimum atomic E-state index is -0.580. The van der Waals surface area contributed by atoms with Gasteiger partial charge in [-0.25, -0.2) is 0 Å². The number of aliphatic hydroxyl groups is 1. The van der Waals surface area contributed by atoms with Crippen molar-refractivity contribution in [3.63, 3.8) is 0 Å². The third-order valence-electron chi connectivity index (χ3n) is 2.78. The molecule has 106 valence electrons. The molecule has 5 heteroatoms. The van der Waals surface area contributed by atoms with E-state index in [0.29, 0.717) is 12.3 Å². The fraction of sp³-hybridized carbons (Fsp3) is 0.267. The molecule has 2 aromatic rings. The summed E-state index contributed by atoms with van der Waals surface area (Å²) in [4.78, 5) is 13.0. The molecule has 4 nitrogen and oxygen atoms in total. The van der Waals surface area contributed by atoms with E-state index >= 15 is 0 Å². The predicted octanol–water partition coefficient (Wildman–Crippen LogP) is 2.32. The summed E-state index contributed by atoms with van der Waals surface area (Å²) < 4.78 is 5.57. The predicted molar refractivity (Wildman–Crippen MR) is 78.6 cm³/mol. The Bertz CT molecular complexity index is 554. The number of hydrogen-bond acceptors (Lipinski definition) is 4. The van der Waals surface area contributed by atoms with Crippen LogP contribution in [0.1, 0.15) is 17.4 Å². The van der Waals surface area contributed by atoms with E-state index in [2.05, 4.69) is 5.32 Å². The quantitative estimate of drug-likeness (QED) is 0.858. The van der Waals surface area contributed by atoms with Gasteiger partial charge in [0.1, 0.15) is 5.75 Å². The van der Waals surface area contributed by atoms with Crippen LogP contribution in [0.3, 0.4) is 0 Å². The van der Waals surface area contributed by atoms with Gasteiger partial charge < -0.3 is 15.2 Å². The molecule has 0 bridgehead atoms. The van der Waals surface area contributed by atoms with Crippen LogP contribution in [-0.2, 0) is 17.9 Å². The minimum absolute atomic E-state index is 0.0455. The second-order valence-electron chi connectivity index (χ2n) is 4.36. The summed E-state index contributed by atoms with van der Waals surface area (Å²) in [6.07, 6.45) is -0.580. The highest BCUT2D eigenvalue weighted by molar-refractivity contribution is 7.09. The lowest BCUT2D eigenvalue weighted by Gasteiger charge is -2.14. The van der Waals surface area contributed by atoms with Gasteiger partial charge in [-0.15, -0.1) is 11.3 Å². The highest BCUT2D eigenvalue weighted by Crippen LogP contribution is 2.15. The lowest BCUT2D eigenvalue weighted by Crippen LogP contribution is -2.35. The average molecular weight is 291 g/mol. The summed E-state index contributed by atoms with van der Waals surface area (Å²) in [5.74, 6) is 0.420. The van der Waals surface area contributed by atoms with Gasteiger partial charge in [-0.2, -0.15) is 0 Å². The molecule has 0 fully saturated rings. The Kier molecular flexibility index (Phi) is 5.15. The molecule has 0 aliphatic carbocycles. The molecule has 1 aromatic carbocycles. The summed E-state index contributed by atoms with van der Waals surface area (Å²) >= 11 is 1.60. The van der Waals surface area contributed by atoms with E-state index in [1.807, 2.05) is 17.5 Å². The molecule has 1 amide bonds. The first-order chi connectivity index (χ1) is 9.69. The number of carbonyl (C=O) groups is 1. The first-order valence-electron chi connectivity index (χ1n) is 6.35. The Morgan fingerprint density at radius 3 is 2.95 bits per heavy atom. The summed E-state index contributed by atoms with van der Waals surface area (Å²) in [7, 11) is 0. The van der Waals surface area contributed by atoms with Crippen LogP contribution >= 0.6 is 11.3 Å². The maximum atomic E-state index is 11.9. The molecule has 0 aliphatic rings. The average Bonchev–Trinajstić information content (AvgIpc) is 2.98. The molecule has 1 aromatic heterocycles. The number of thiophene rings is 1. The van der Waals surface area contributed by atoms with Gasteiger partial charge in [0.15, 0.2) is 6.10 Å². The molecule has 0 aliphatic heterocycles. The molecule has 0 saturated heterocycles. The van der Waals surface area contributed by atoms with Gasteiger partial charge in [-0.05, 0) is 36.1 Å². The lowest BCUT2D eigenvalue weighted by molar-refractivity contribution is -0.127. The highest BCUT2D eigenvalue weighted by atomic mass is 32.1. The van der Waals surface area contributed by atoms with E-state index in [1.54, 1.807) is 42.5 Å². The van der Waals surface area contributed by atoms with E-state index in [-0.39, 0.29) is 12.5 Å². The summed E-state index contributed by atoms with van der Waals surface area (Å²) in [5, 5.41) is 13.9. The number of rotatable bonds is 6. The molecule has 0 spiro atoms. The Labute approximate surface area is 122 Å². The van der Waals surface area contributed by atoms with Gasteiger partial charge in [0.25, 0.3) is 5.91 Å². The van der Waals surface area contributed by atoms with Crippen molar-refractivity contribution in [3.8, 4) is 5.75 Å². The summed E-state index contributed by atoms with van der Waals surface area (Å²) in [6, 6.07) is 11.0. The fourth-order valence-electron chi connectivity index (χ4n) is 1.71. The molecule has 1 unspecified atom stereocenters. The van der Waals surface area contributed by atoms with Crippen LogP contribution in [0.4, 0.5) is 0 Å². The number of aliphatic hydroxyl groups excluding tert-OH is 1. The largest absolute Gasteiger partial charge is 0.481 e. The maximum Gasteiger partial charge on any atom is 0.261 e. The van der Waals surface area contributed by atoms with Crippen molar-refractivity contribution in [2.24, 2.45) is 0 Å². The van der Waals surface area contributed by atoms with E-state index < -0.39 is 6.10 Å². The Hall–Kier alpha value is -1.85. The van der Waals surface area contributed by atoms with Gasteiger partial charge in [-0.3, -0.25) is 4.79 Å². The molecule has 1 atom stereocenters. The van der Waals surface area contributed by atoms with Crippen molar-refractivity contribution in [3.05, 3.63) is 52.2 Å². The number of amides is 1. The van der Waals surface area contributed by atoms with Crippen LogP contribution in [0.5, 0.6) is 5.75 Å². The lowest BCUT2D eigenvalue weighted by atomic mass is 10.2. The van der Waals surface area contributed by atoms with Gasteiger partial charge in [0, 0.05) is 4.88 Å². The zero-order chi connectivity index (χ0) is 14.4. The van der Waals surface area contributed by atoms with E-state index in [9.17, 15) is 4.79 Å². The molecule has 2 N–H and O–H groups in total. The number of carbonyl (C=O) groups excluding carboxylic acids is 1. The number of hydrogen-bond donors (Lipinski definition) is 2. The van der Waals surface area contributed by atoms with Gasteiger partial charge in [0.05, 0.1) is 13.2 Å². The number of nitrogens with one attached hydrogen (secondary N) is 1. The van der Waals surface area contributed by atoms with Gasteiger partial charge >= 0.3 is 0 Å². The van der Waals surface area contributed by atoms with Crippen LogP contribution in [0.2, 0.25) is 0 Å². The SMILES string of the molecule is CC(Oc1cccc(CO)c1)C(=O)NCc1cccs1. The smallest absolute Gasteiger partial charge is 0.261 e. The van der Waals surface area contributed by atoms with Crippen molar-refractivity contribution in [2.75, 3.05) is 0 Å². The van der Waals surface area contributed by atoms with Crippen LogP contribution in [0, 0.1) is 0 Å². The van der Waals surface area contributed by atoms with Crippen molar-refractivity contribution in [1.29, 1.82) is 0 Å². The van der Waals surface area contributed by atoms with Crippen LogP contribution in [0.15, 0.2) is 41.8 Å². The summed E-state index contributed by atoms with van der Waals surface area (Å²) in [5.41, 5.74) is 0.758. The van der Waals surface area contributed by atoms with Crippen molar-refractivity contribution in [2.45, 2.75) is 26.2 Å². The standard InChI is InChI=1S/C15H17NO3S/c1-11(15(18)16-9-14-6-3-7-20-14)19-13-5-2-4-12(8-13)10-17/h2-8,11,17H,9-10H2,1H3,(H,16,18). The van der Waals surface area contributed by atoms with Gasteiger partial charge in [0.2, 0.25) is 0 Å². The van der Waals surface area contributed by atoms with Crippen molar-refractivity contribution < 1.29 is 14.6 Å². The Balaban J connectivity index is 1.86. The normalized spacial score (nSPS) is 11.9. The third-order valence-corrected chi connectivity index (χ3v) is 3.66. The highest BCUT2D eigenvalue weighted by Gasteiger charge is 2.14. The maximum absolute atomic E-state index is 11.9. The molecular formula is C15H17NO3S. The monoisotopic (exact) mass is 291 g/mol. The number of benzene rings is 1. The minimum Gasteiger partial charge on any atom is -0.481 e. The molecule has 0 saturated carbocycles. The first-order valence-corrected chi connectivity index (χ1v) is 7.23. The zero-order valence-corrected chi connectivity index (χ0v) is 12.0. The molecule has 2 rings (SSSR count). The molecule has 1 heterocycles. The van der Waals surface area contributed by atoms with E-state index in [4.69, 9.17) is 9.84 Å². The first kappa shape index (κ1) is 14.6. The third kappa shape index (κ3) is 4.08. The second-order valence-corrected chi connectivity index (χ2v) is 5.40. The van der Waals surface area contributed by atoms with E-state index in [0.717, 1.165) is 10.4 Å². The Morgan fingerprint density at radius 2 is 2.25 bits per heavy atom. The van der Waals surface area contributed by atoms with Crippen LogP contribution in [0.25, 0.3) is 0 Å². The van der Waals surface area contributed by atoms with Crippen molar-refractivity contribution >= 4 is 17.2 Å². The van der Waals surface area contributed by atoms with Crippen molar-refractivity contribution in [1.82, 2.24) is 5.32 Å². The Morgan fingerprint density at radius 1 is 1.40 bits per heavy atom. The number of ether oxygens (including phenoxy) is 1. The van der Waals surface area contributed by atoms with Crippen LogP contribution in [-0.4, -0.2) is 17.1 Å². The molecule has 0 radical (unpaired) electrons. The second kappa shape index (κ2) is 7.07. The topological polar surface area (TPSA) is 58.6 Å².